The molecule has 0 saturated heterocycles. The molecule has 0 saturated carbocycles. The Balaban J connectivity index is 3.49. The molecule has 0 radical (unpaired) electrons. The molecule has 0 aromatic carbocycles. The van der Waals surface area contributed by atoms with Crippen LogP contribution in [0.4, 0.5) is 0 Å². The predicted molar refractivity (Wildman–Crippen MR) is 35.7 cm³/mol. The molecule has 0 spiro atoms. The van der Waals surface area contributed by atoms with Crippen LogP contribution in [0.2, 0.25) is 0 Å². The number of carboxylic acids is 1. The topological polar surface area (TPSA) is 80.4 Å². The summed E-state index contributed by atoms with van der Waals surface area (Å²) in [4.78, 5) is 20.1. The van der Waals surface area contributed by atoms with E-state index >= 15 is 0 Å². The Morgan fingerprint density at radius 1 is 1.60 bits per heavy atom. The quantitative estimate of drug-likeness (QED) is 0.572. The van der Waals surface area contributed by atoms with Crippen molar-refractivity contribution in [3.8, 4) is 0 Å². The summed E-state index contributed by atoms with van der Waals surface area (Å²) in [7, 11) is 0. The first-order chi connectivity index (χ1) is 4.54. The number of halogens is 1. The molecule has 3 N–H and O–H groups in total. The number of nitrogens with two attached hydrogens (primary N) is 1. The summed E-state index contributed by atoms with van der Waals surface area (Å²) in [6.07, 6.45) is 0.104. The van der Waals surface area contributed by atoms with E-state index in [1.54, 1.807) is 0 Å². The van der Waals surface area contributed by atoms with E-state index < -0.39 is 17.3 Å². The van der Waals surface area contributed by atoms with Crippen LogP contribution >= 0.6 is 11.6 Å². The molecule has 1 atom stereocenters. The van der Waals surface area contributed by atoms with Crippen molar-refractivity contribution in [2.75, 3.05) is 0 Å². The molecule has 5 heteroatoms. The van der Waals surface area contributed by atoms with Crippen LogP contribution in [0.3, 0.4) is 0 Å². The number of carbonyl (C=O) groups is 2. The van der Waals surface area contributed by atoms with Crippen LogP contribution in [0.1, 0.15) is 12.8 Å². The van der Waals surface area contributed by atoms with Gasteiger partial charge in [-0.05, 0) is 18.0 Å². The first-order valence-electron chi connectivity index (χ1n) is 2.70. The van der Waals surface area contributed by atoms with Crippen LogP contribution < -0.4 is 5.73 Å². The minimum atomic E-state index is -1.11. The number of rotatable bonds is 4. The van der Waals surface area contributed by atoms with Gasteiger partial charge in [0.25, 0.3) is 0 Å². The summed E-state index contributed by atoms with van der Waals surface area (Å²) in [5, 5.41) is 7.66. The number of carbonyl (C=O) groups excluding carboxylic acids is 1. The summed E-state index contributed by atoms with van der Waals surface area (Å²) < 4.78 is 0. The van der Waals surface area contributed by atoms with E-state index in [4.69, 9.17) is 22.4 Å². The lowest BCUT2D eigenvalue weighted by Gasteiger charge is -2.01. The number of carboxylic acid groups (broad SMARTS) is 1. The van der Waals surface area contributed by atoms with Gasteiger partial charge in [-0.2, -0.15) is 0 Å². The minimum absolute atomic E-state index is 0.00895. The van der Waals surface area contributed by atoms with Gasteiger partial charge in [0.15, 0.2) is 0 Å². The zero-order valence-electron chi connectivity index (χ0n) is 5.21. The van der Waals surface area contributed by atoms with Crippen molar-refractivity contribution in [2.24, 2.45) is 5.73 Å². The van der Waals surface area contributed by atoms with E-state index in [2.05, 4.69) is 0 Å². The molecule has 0 fully saturated rings. The number of hydrogen-bond donors (Lipinski definition) is 2. The average molecular weight is 166 g/mol. The molecule has 4 nitrogen and oxygen atoms in total. The highest BCUT2D eigenvalue weighted by Crippen LogP contribution is 1.97. The van der Waals surface area contributed by atoms with Gasteiger partial charge in [-0.3, -0.25) is 9.59 Å². The molecule has 0 rings (SSSR count). The molecule has 0 aromatic rings. The van der Waals surface area contributed by atoms with Crippen LogP contribution in [0, 0.1) is 0 Å². The van der Waals surface area contributed by atoms with E-state index in [1.165, 1.54) is 0 Å². The Labute approximate surface area is 63.0 Å². The molecular weight excluding hydrogens is 158 g/mol. The summed E-state index contributed by atoms with van der Waals surface area (Å²) in [6, 6.07) is -0.984. The van der Waals surface area contributed by atoms with E-state index in [9.17, 15) is 9.59 Å². The molecule has 0 aliphatic carbocycles. The zero-order valence-corrected chi connectivity index (χ0v) is 5.97. The van der Waals surface area contributed by atoms with E-state index in [0.717, 1.165) is 0 Å². The SMILES string of the molecule is NC(CCC(=O)Cl)C(=O)O. The molecule has 58 valence electrons. The van der Waals surface area contributed by atoms with Crippen molar-refractivity contribution in [1.29, 1.82) is 0 Å². The van der Waals surface area contributed by atoms with Gasteiger partial charge in [0.2, 0.25) is 5.24 Å². The van der Waals surface area contributed by atoms with Crippen LogP contribution in [0.25, 0.3) is 0 Å². The Morgan fingerprint density at radius 2 is 2.10 bits per heavy atom. The molecule has 0 heterocycles. The van der Waals surface area contributed by atoms with Crippen LogP contribution in [-0.4, -0.2) is 22.4 Å². The van der Waals surface area contributed by atoms with Gasteiger partial charge in [0, 0.05) is 6.42 Å². The van der Waals surface area contributed by atoms with Crippen LogP contribution in [0.15, 0.2) is 0 Å². The second kappa shape index (κ2) is 4.24. The minimum Gasteiger partial charge on any atom is -0.480 e. The second-order valence-corrected chi connectivity index (χ2v) is 2.26. The Kier molecular flexibility index (Phi) is 3.99. The van der Waals surface area contributed by atoms with Crippen molar-refractivity contribution < 1.29 is 14.7 Å². The molecule has 0 aliphatic rings. The van der Waals surface area contributed by atoms with Crippen molar-refractivity contribution >= 4 is 22.8 Å². The summed E-state index contributed by atoms with van der Waals surface area (Å²) >= 11 is 4.94. The first-order valence-corrected chi connectivity index (χ1v) is 3.08. The molecule has 10 heavy (non-hydrogen) atoms. The van der Waals surface area contributed by atoms with E-state index in [-0.39, 0.29) is 12.8 Å². The molecule has 0 bridgehead atoms. The van der Waals surface area contributed by atoms with Gasteiger partial charge in [0.05, 0.1) is 0 Å². The molecule has 1 unspecified atom stereocenters. The fourth-order valence-electron chi connectivity index (χ4n) is 0.392. The third kappa shape index (κ3) is 4.29. The number of aliphatic carboxylic acids is 1. The highest BCUT2D eigenvalue weighted by Gasteiger charge is 2.11. The van der Waals surface area contributed by atoms with Gasteiger partial charge in [-0.25, -0.2) is 0 Å². The monoisotopic (exact) mass is 165 g/mol. The maximum atomic E-state index is 10.1. The van der Waals surface area contributed by atoms with Crippen molar-refractivity contribution in [3.63, 3.8) is 0 Å². The van der Waals surface area contributed by atoms with Gasteiger partial charge in [-0.1, -0.05) is 0 Å². The molecule has 0 aromatic heterocycles. The largest absolute Gasteiger partial charge is 0.480 e. The number of hydrogen-bond acceptors (Lipinski definition) is 3. The van der Waals surface area contributed by atoms with E-state index in [1.807, 2.05) is 0 Å². The first kappa shape index (κ1) is 9.39. The second-order valence-electron chi connectivity index (χ2n) is 1.84. The smallest absolute Gasteiger partial charge is 0.320 e. The van der Waals surface area contributed by atoms with Crippen molar-refractivity contribution in [1.82, 2.24) is 0 Å². The highest BCUT2D eigenvalue weighted by atomic mass is 35.5. The zero-order chi connectivity index (χ0) is 8.15. The molecule has 0 aliphatic heterocycles. The van der Waals surface area contributed by atoms with Crippen molar-refractivity contribution in [3.05, 3.63) is 0 Å². The highest BCUT2D eigenvalue weighted by molar-refractivity contribution is 6.63. The van der Waals surface area contributed by atoms with Gasteiger partial charge < -0.3 is 10.8 Å². The average Bonchev–Trinajstić information content (AvgIpc) is 1.82. The third-order valence-electron chi connectivity index (χ3n) is 0.969. The standard InChI is InChI=1S/C5H8ClNO3/c6-4(8)2-1-3(7)5(9)10/h3H,1-2,7H2,(H,9,10). The van der Waals surface area contributed by atoms with Gasteiger partial charge in [-0.15, -0.1) is 0 Å². The summed E-state index contributed by atoms with van der Waals surface area (Å²) in [5.74, 6) is -1.11. The normalized spacial score (nSPS) is 12.6. The maximum absolute atomic E-state index is 10.1. The lowest BCUT2D eigenvalue weighted by Crippen LogP contribution is -2.30. The Bertz CT molecular complexity index is 148. The molecular formula is C5H8ClNO3. The lowest BCUT2D eigenvalue weighted by molar-refractivity contribution is -0.138. The van der Waals surface area contributed by atoms with E-state index in [0.29, 0.717) is 0 Å². The predicted octanol–water partition coefficient (Wildman–Crippen LogP) is -0.0561. The van der Waals surface area contributed by atoms with Gasteiger partial charge >= 0.3 is 5.97 Å². The Hall–Kier alpha value is -0.610. The fourth-order valence-corrected chi connectivity index (χ4v) is 0.502. The van der Waals surface area contributed by atoms with Crippen molar-refractivity contribution in [2.45, 2.75) is 18.9 Å². The third-order valence-corrected chi connectivity index (χ3v) is 1.16. The molecule has 0 amide bonds. The van der Waals surface area contributed by atoms with Crippen LogP contribution in [0.5, 0.6) is 0 Å². The Morgan fingerprint density at radius 3 is 2.40 bits per heavy atom. The fraction of sp³-hybridized carbons (Fsp3) is 0.600. The lowest BCUT2D eigenvalue weighted by atomic mass is 10.2. The van der Waals surface area contributed by atoms with Crippen LogP contribution in [-0.2, 0) is 9.59 Å². The summed E-state index contributed by atoms with van der Waals surface area (Å²) in [6.45, 7) is 0. The van der Waals surface area contributed by atoms with Gasteiger partial charge in [0.1, 0.15) is 6.04 Å². The summed E-state index contributed by atoms with van der Waals surface area (Å²) in [5.41, 5.74) is 5.05. The maximum Gasteiger partial charge on any atom is 0.320 e.